The van der Waals surface area contributed by atoms with Gasteiger partial charge in [-0.1, -0.05) is 17.7 Å². The number of carbonyl (C=O) groups excluding carboxylic acids is 1. The molecule has 1 aliphatic heterocycles. The largest absolute Gasteiger partial charge is 0.618 e. The summed E-state index contributed by atoms with van der Waals surface area (Å²) in [6, 6.07) is 9.67. The van der Waals surface area contributed by atoms with E-state index in [1.165, 1.54) is 14.2 Å². The van der Waals surface area contributed by atoms with Crippen LogP contribution < -0.4 is 9.47 Å². The molecule has 1 aliphatic rings. The van der Waals surface area contributed by atoms with Crippen LogP contribution in [0.1, 0.15) is 15.9 Å². The molecule has 3 rings (SSSR count). The number of nitrogens with zero attached hydrogens (tertiary/aromatic N) is 1. The Bertz CT molecular complexity index is 814. The Labute approximate surface area is 131 Å². The average molecular weight is 318 g/mol. The van der Waals surface area contributed by atoms with Crippen LogP contribution in [0.15, 0.2) is 36.4 Å². The van der Waals surface area contributed by atoms with E-state index in [0.29, 0.717) is 21.8 Å². The van der Waals surface area contributed by atoms with E-state index in [-0.39, 0.29) is 22.0 Å². The lowest BCUT2D eigenvalue weighted by molar-refractivity contribution is -0.355. The molecule has 0 radical (unpaired) electrons. The highest BCUT2D eigenvalue weighted by molar-refractivity contribution is 6.54. The predicted octanol–water partition coefficient (Wildman–Crippen LogP) is 3.18. The fourth-order valence-electron chi connectivity index (χ4n) is 2.47. The second-order valence-electron chi connectivity index (χ2n) is 4.68. The number of halogens is 1. The van der Waals surface area contributed by atoms with E-state index in [0.717, 1.165) is 0 Å². The van der Waals surface area contributed by atoms with Crippen LogP contribution in [-0.4, -0.2) is 30.5 Å². The Morgan fingerprint density at radius 3 is 2.45 bits per heavy atom. The number of hydrogen-bond acceptors (Lipinski definition) is 4. The standard InChI is InChI=1S/C16H12ClNO4/c1-21-12-7-6-9(8-13(12)22-2)15-16(19)14-10(17)4-3-5-11(14)18(15)20/h3-8H,1-2H3. The fraction of sp³-hybridized carbons (Fsp3) is 0.125. The van der Waals surface area contributed by atoms with Gasteiger partial charge in [-0.3, -0.25) is 4.79 Å². The number of ketones is 1. The summed E-state index contributed by atoms with van der Waals surface area (Å²) in [5.41, 5.74) is 0.945. The van der Waals surface area contributed by atoms with Crippen molar-refractivity contribution in [2.75, 3.05) is 14.2 Å². The van der Waals surface area contributed by atoms with Crippen LogP contribution in [0.3, 0.4) is 0 Å². The van der Waals surface area contributed by atoms with Crippen molar-refractivity contribution >= 4 is 28.8 Å². The number of hydrogen-bond donors (Lipinski definition) is 0. The molecular weight excluding hydrogens is 306 g/mol. The minimum Gasteiger partial charge on any atom is -0.618 e. The van der Waals surface area contributed by atoms with Gasteiger partial charge >= 0.3 is 0 Å². The summed E-state index contributed by atoms with van der Waals surface area (Å²) in [7, 11) is 3.00. The van der Waals surface area contributed by atoms with Crippen LogP contribution in [0.25, 0.3) is 0 Å². The molecule has 6 heteroatoms. The quantitative estimate of drug-likeness (QED) is 0.644. The molecule has 0 amide bonds. The Morgan fingerprint density at radius 1 is 1.09 bits per heavy atom. The van der Waals surface area contributed by atoms with Crippen molar-refractivity contribution in [1.29, 1.82) is 0 Å². The number of fused-ring (bicyclic) bond motifs is 1. The molecule has 0 aliphatic carbocycles. The molecule has 2 aromatic rings. The molecular formula is C16H12ClNO4. The number of rotatable bonds is 3. The maximum absolute atomic E-state index is 12.5. The lowest BCUT2D eigenvalue weighted by Gasteiger charge is -2.08. The zero-order chi connectivity index (χ0) is 15.9. The second-order valence-corrected chi connectivity index (χ2v) is 5.08. The van der Waals surface area contributed by atoms with Crippen molar-refractivity contribution in [1.82, 2.24) is 0 Å². The van der Waals surface area contributed by atoms with Crippen molar-refractivity contribution in [2.24, 2.45) is 0 Å². The Hall–Kier alpha value is -2.53. The van der Waals surface area contributed by atoms with Gasteiger partial charge in [-0.05, 0) is 24.3 Å². The molecule has 0 aromatic heterocycles. The minimum absolute atomic E-state index is 0.0176. The third-order valence-corrected chi connectivity index (χ3v) is 3.83. The minimum atomic E-state index is -0.400. The van der Waals surface area contributed by atoms with Crippen molar-refractivity contribution in [3.05, 3.63) is 57.8 Å². The van der Waals surface area contributed by atoms with Gasteiger partial charge in [0.2, 0.25) is 5.69 Å². The number of ether oxygens (including phenoxy) is 2. The molecule has 0 saturated carbocycles. The first-order chi connectivity index (χ1) is 10.6. The van der Waals surface area contributed by atoms with E-state index in [1.54, 1.807) is 36.4 Å². The number of benzene rings is 2. The normalized spacial score (nSPS) is 13.3. The van der Waals surface area contributed by atoms with E-state index < -0.39 is 5.78 Å². The van der Waals surface area contributed by atoms with Gasteiger partial charge in [0.1, 0.15) is 5.56 Å². The van der Waals surface area contributed by atoms with E-state index >= 15 is 0 Å². The molecule has 0 fully saturated rings. The van der Waals surface area contributed by atoms with Crippen molar-refractivity contribution in [3.63, 3.8) is 0 Å². The molecule has 0 N–H and O–H groups in total. The molecule has 1 heterocycles. The van der Waals surface area contributed by atoms with Crippen LogP contribution in [0, 0.1) is 5.21 Å². The monoisotopic (exact) mass is 317 g/mol. The Morgan fingerprint density at radius 2 is 1.82 bits per heavy atom. The van der Waals surface area contributed by atoms with E-state index in [9.17, 15) is 10.0 Å². The van der Waals surface area contributed by atoms with Gasteiger partial charge in [-0.15, -0.1) is 0 Å². The lowest BCUT2D eigenvalue weighted by Crippen LogP contribution is -2.16. The summed E-state index contributed by atoms with van der Waals surface area (Å²) >= 11 is 6.04. The first-order valence-electron chi connectivity index (χ1n) is 6.48. The summed E-state index contributed by atoms with van der Waals surface area (Å²) in [5, 5.41) is 12.7. The fourth-order valence-corrected chi connectivity index (χ4v) is 2.73. The maximum Gasteiger partial charge on any atom is 0.273 e. The average Bonchev–Trinajstić information content (AvgIpc) is 2.79. The number of carbonyl (C=O) groups is 1. The van der Waals surface area contributed by atoms with Crippen molar-refractivity contribution in [3.8, 4) is 11.5 Å². The Balaban J connectivity index is 2.16. The molecule has 0 unspecified atom stereocenters. The number of Topliss-reactive ketones (excluding diaryl/α,β-unsaturated/α-hetero) is 1. The van der Waals surface area contributed by atoms with E-state index in [2.05, 4.69) is 0 Å². The van der Waals surface area contributed by atoms with Gasteiger partial charge in [0.15, 0.2) is 11.5 Å². The highest BCUT2D eigenvalue weighted by atomic mass is 35.5. The smallest absolute Gasteiger partial charge is 0.273 e. The van der Waals surface area contributed by atoms with Crippen LogP contribution in [0.5, 0.6) is 11.5 Å². The molecule has 112 valence electrons. The zero-order valence-electron chi connectivity index (χ0n) is 11.9. The molecule has 5 nitrogen and oxygen atoms in total. The van der Waals surface area contributed by atoms with E-state index in [4.69, 9.17) is 21.1 Å². The highest BCUT2D eigenvalue weighted by Gasteiger charge is 2.38. The van der Waals surface area contributed by atoms with Crippen molar-refractivity contribution in [2.45, 2.75) is 0 Å². The van der Waals surface area contributed by atoms with Crippen LogP contribution in [-0.2, 0) is 0 Å². The highest BCUT2D eigenvalue weighted by Crippen LogP contribution is 2.35. The summed E-state index contributed by atoms with van der Waals surface area (Å²) in [6.07, 6.45) is 0. The van der Waals surface area contributed by atoms with Gasteiger partial charge in [0, 0.05) is 6.07 Å². The molecule has 2 aromatic carbocycles. The summed E-state index contributed by atoms with van der Waals surface area (Å²) in [6.45, 7) is 0. The molecule has 22 heavy (non-hydrogen) atoms. The van der Waals surface area contributed by atoms with Crippen LogP contribution in [0.4, 0.5) is 5.69 Å². The number of methoxy groups -OCH3 is 2. The summed E-state index contributed by atoms with van der Waals surface area (Å²) in [4.78, 5) is 12.5. The molecule has 0 bridgehead atoms. The molecule has 0 spiro atoms. The third-order valence-electron chi connectivity index (χ3n) is 3.51. The van der Waals surface area contributed by atoms with Gasteiger partial charge in [0.25, 0.3) is 11.5 Å². The van der Waals surface area contributed by atoms with Gasteiger partial charge < -0.3 is 14.7 Å². The molecule has 0 atom stereocenters. The second kappa shape index (κ2) is 5.35. The zero-order valence-corrected chi connectivity index (χ0v) is 12.7. The Kier molecular flexibility index (Phi) is 3.50. The first kappa shape index (κ1) is 14.4. The maximum atomic E-state index is 12.5. The van der Waals surface area contributed by atoms with Gasteiger partial charge in [0.05, 0.1) is 24.8 Å². The van der Waals surface area contributed by atoms with Crippen molar-refractivity contribution < 1.29 is 19.0 Å². The SMILES string of the molecule is COc1ccc(C2=[N+]([O-])c3cccc(Cl)c3C2=O)cc1OC. The van der Waals surface area contributed by atoms with E-state index in [1.807, 2.05) is 0 Å². The molecule has 0 saturated heterocycles. The topological polar surface area (TPSA) is 61.6 Å². The third kappa shape index (κ3) is 2.02. The van der Waals surface area contributed by atoms with Gasteiger partial charge in [-0.2, -0.15) is 4.74 Å². The van der Waals surface area contributed by atoms with Gasteiger partial charge in [-0.25, -0.2) is 0 Å². The summed E-state index contributed by atoms with van der Waals surface area (Å²) < 4.78 is 11.0. The summed E-state index contributed by atoms with van der Waals surface area (Å²) in [5.74, 6) is 0.559. The lowest BCUT2D eigenvalue weighted by atomic mass is 10.0. The van der Waals surface area contributed by atoms with Crippen LogP contribution in [0.2, 0.25) is 5.02 Å². The van der Waals surface area contributed by atoms with Crippen LogP contribution >= 0.6 is 11.6 Å². The predicted molar refractivity (Wildman–Crippen MR) is 82.7 cm³/mol. The first-order valence-corrected chi connectivity index (χ1v) is 6.86.